The first kappa shape index (κ1) is 24.2. The van der Waals surface area contributed by atoms with Crippen molar-refractivity contribution in [3.05, 3.63) is 54.1 Å². The Morgan fingerprint density at radius 3 is 2.38 bits per heavy atom. The van der Waals surface area contributed by atoms with Crippen LogP contribution < -0.4 is 0 Å². The van der Waals surface area contributed by atoms with E-state index in [2.05, 4.69) is 10.2 Å². The van der Waals surface area contributed by atoms with Gasteiger partial charge in [-0.3, -0.25) is 9.36 Å². The number of rotatable bonds is 7. The van der Waals surface area contributed by atoms with Crippen LogP contribution in [-0.2, 0) is 14.8 Å². The molecule has 0 spiro atoms. The van der Waals surface area contributed by atoms with Gasteiger partial charge in [0, 0.05) is 30.8 Å². The number of aromatic nitrogens is 3. The molecule has 0 N–H and O–H groups in total. The number of hydrogen-bond acceptors (Lipinski definition) is 6. The summed E-state index contributed by atoms with van der Waals surface area (Å²) >= 11 is 1.33. The van der Waals surface area contributed by atoms with Crippen molar-refractivity contribution < 1.29 is 13.2 Å². The smallest absolute Gasteiger partial charge is 0.242 e. The van der Waals surface area contributed by atoms with Crippen molar-refractivity contribution in [3.8, 4) is 17.1 Å². The van der Waals surface area contributed by atoms with Crippen LogP contribution in [-0.4, -0.2) is 53.1 Å². The summed E-state index contributed by atoms with van der Waals surface area (Å²) in [6, 6.07) is 14.5. The summed E-state index contributed by atoms with van der Waals surface area (Å²) in [4.78, 5) is 12.7. The van der Waals surface area contributed by atoms with Gasteiger partial charge in [0.1, 0.15) is 5.78 Å². The van der Waals surface area contributed by atoms with Crippen LogP contribution in [0.1, 0.15) is 26.3 Å². The van der Waals surface area contributed by atoms with Crippen molar-refractivity contribution in [2.45, 2.75) is 37.7 Å². The first-order valence-electron chi connectivity index (χ1n) is 10.1. The summed E-state index contributed by atoms with van der Waals surface area (Å²) in [7, 11) is -0.600. The van der Waals surface area contributed by atoms with Crippen LogP contribution in [0.4, 0.5) is 0 Å². The number of Topliss-reactive ketones (excluding diaryl/α,β-unsaturated/α-hetero) is 1. The van der Waals surface area contributed by atoms with Gasteiger partial charge in [0.25, 0.3) is 0 Å². The predicted molar refractivity (Wildman–Crippen MR) is 128 cm³/mol. The van der Waals surface area contributed by atoms with Crippen molar-refractivity contribution in [1.29, 1.82) is 0 Å². The minimum atomic E-state index is -3.60. The minimum absolute atomic E-state index is 0.113. The van der Waals surface area contributed by atoms with Crippen LogP contribution in [0.3, 0.4) is 0 Å². The molecule has 0 aliphatic heterocycles. The Morgan fingerprint density at radius 2 is 1.75 bits per heavy atom. The SMILES string of the molecule is Cc1cccc(-n2c(SCC(=O)C(C)(C)C)nnc2-c2cccc(S(=O)(=O)N(C)C)c2)c1. The molecule has 0 saturated heterocycles. The Balaban J connectivity index is 2.11. The molecule has 2 aromatic carbocycles. The first-order valence-corrected chi connectivity index (χ1v) is 12.6. The number of thioether (sulfide) groups is 1. The van der Waals surface area contributed by atoms with E-state index < -0.39 is 15.4 Å². The number of sulfonamides is 1. The molecular formula is C23H28N4O3S2. The Labute approximate surface area is 193 Å². The number of hydrogen-bond donors (Lipinski definition) is 0. The summed E-state index contributed by atoms with van der Waals surface area (Å²) < 4.78 is 28.3. The van der Waals surface area contributed by atoms with Gasteiger partial charge < -0.3 is 0 Å². The van der Waals surface area contributed by atoms with Crippen LogP contribution in [0.2, 0.25) is 0 Å². The summed E-state index contributed by atoms with van der Waals surface area (Å²) in [5, 5.41) is 9.29. The van der Waals surface area contributed by atoms with Gasteiger partial charge in [-0.2, -0.15) is 0 Å². The highest BCUT2D eigenvalue weighted by atomic mass is 32.2. The second kappa shape index (κ2) is 9.17. The molecular weight excluding hydrogens is 444 g/mol. The van der Waals surface area contributed by atoms with Gasteiger partial charge in [-0.15, -0.1) is 10.2 Å². The lowest BCUT2D eigenvalue weighted by Gasteiger charge is -2.16. The molecule has 0 saturated carbocycles. The van der Waals surface area contributed by atoms with Gasteiger partial charge in [0.15, 0.2) is 11.0 Å². The zero-order valence-corrected chi connectivity index (χ0v) is 20.8. The molecule has 0 radical (unpaired) electrons. The van der Waals surface area contributed by atoms with Gasteiger partial charge in [-0.05, 0) is 36.8 Å². The first-order chi connectivity index (χ1) is 14.9. The second-order valence-electron chi connectivity index (χ2n) is 8.76. The van der Waals surface area contributed by atoms with E-state index in [9.17, 15) is 13.2 Å². The van der Waals surface area contributed by atoms with Crippen molar-refractivity contribution in [1.82, 2.24) is 19.1 Å². The van der Waals surface area contributed by atoms with Gasteiger partial charge >= 0.3 is 0 Å². The number of nitrogens with zero attached hydrogens (tertiary/aromatic N) is 4. The van der Waals surface area contributed by atoms with E-state index in [1.807, 2.05) is 56.5 Å². The highest BCUT2D eigenvalue weighted by molar-refractivity contribution is 7.99. The Hall–Kier alpha value is -2.49. The van der Waals surface area contributed by atoms with Crippen molar-refractivity contribution in [2.75, 3.05) is 19.8 Å². The summed E-state index contributed by atoms with van der Waals surface area (Å²) in [6.45, 7) is 7.67. The maximum atomic E-state index is 12.6. The minimum Gasteiger partial charge on any atom is -0.298 e. The zero-order chi connectivity index (χ0) is 23.7. The number of aryl methyl sites for hydroxylation is 1. The van der Waals surface area contributed by atoms with Crippen LogP contribution in [0.5, 0.6) is 0 Å². The van der Waals surface area contributed by atoms with Crippen LogP contribution in [0, 0.1) is 12.3 Å². The van der Waals surface area contributed by atoms with Gasteiger partial charge in [-0.1, -0.05) is 56.8 Å². The van der Waals surface area contributed by atoms with E-state index in [1.165, 1.54) is 30.2 Å². The van der Waals surface area contributed by atoms with Crippen molar-refractivity contribution >= 4 is 27.6 Å². The fourth-order valence-electron chi connectivity index (χ4n) is 2.90. The van der Waals surface area contributed by atoms with Crippen molar-refractivity contribution in [2.24, 2.45) is 5.41 Å². The molecule has 3 aromatic rings. The predicted octanol–water partition coefficient (Wildman–Crippen LogP) is 4.20. The van der Waals surface area contributed by atoms with Gasteiger partial charge in [-0.25, -0.2) is 12.7 Å². The van der Waals surface area contributed by atoms with E-state index in [1.54, 1.807) is 24.3 Å². The van der Waals surface area contributed by atoms with Crippen LogP contribution in [0.15, 0.2) is 58.6 Å². The fourth-order valence-corrected chi connectivity index (χ4v) is 4.96. The lowest BCUT2D eigenvalue weighted by molar-refractivity contribution is -0.123. The average molecular weight is 473 g/mol. The molecule has 0 fully saturated rings. The highest BCUT2D eigenvalue weighted by Crippen LogP contribution is 2.31. The highest BCUT2D eigenvalue weighted by Gasteiger charge is 2.24. The lowest BCUT2D eigenvalue weighted by atomic mass is 9.92. The molecule has 3 rings (SSSR count). The largest absolute Gasteiger partial charge is 0.298 e. The van der Waals surface area contributed by atoms with Gasteiger partial charge in [0.2, 0.25) is 10.0 Å². The normalized spacial score (nSPS) is 12.3. The quantitative estimate of drug-likeness (QED) is 0.479. The fraction of sp³-hybridized carbons (Fsp3) is 0.348. The molecule has 1 aromatic heterocycles. The van der Waals surface area contributed by atoms with Gasteiger partial charge in [0.05, 0.1) is 10.6 Å². The molecule has 9 heteroatoms. The summed E-state index contributed by atoms with van der Waals surface area (Å²) in [5.74, 6) is 0.890. The average Bonchev–Trinajstić information content (AvgIpc) is 3.15. The van der Waals surface area contributed by atoms with Crippen molar-refractivity contribution in [3.63, 3.8) is 0 Å². The molecule has 1 heterocycles. The second-order valence-corrected chi connectivity index (χ2v) is 11.9. The number of ketones is 1. The molecule has 0 atom stereocenters. The monoisotopic (exact) mass is 472 g/mol. The molecule has 0 aliphatic carbocycles. The molecule has 170 valence electrons. The van der Waals surface area contributed by atoms with E-state index in [0.717, 1.165) is 11.3 Å². The standard InChI is InChI=1S/C23H28N4O3S2/c1-16-9-7-11-18(13-16)27-21(24-25-22(27)31-15-20(28)23(2,3)4)17-10-8-12-19(14-17)32(29,30)26(5)6/h7-14H,15H2,1-6H3. The molecule has 0 aliphatic rings. The van der Waals surface area contributed by atoms with E-state index in [-0.39, 0.29) is 16.4 Å². The third-order valence-corrected chi connectivity index (χ3v) is 7.67. The number of carbonyl (C=O) groups is 1. The topological polar surface area (TPSA) is 85.2 Å². The summed E-state index contributed by atoms with van der Waals surface area (Å²) in [6.07, 6.45) is 0. The Bertz CT molecular complexity index is 1240. The molecule has 0 amide bonds. The Morgan fingerprint density at radius 1 is 1.06 bits per heavy atom. The van der Waals surface area contributed by atoms with E-state index in [4.69, 9.17) is 0 Å². The van der Waals surface area contributed by atoms with E-state index in [0.29, 0.717) is 16.5 Å². The molecule has 7 nitrogen and oxygen atoms in total. The third kappa shape index (κ3) is 5.11. The number of carbonyl (C=O) groups excluding carboxylic acids is 1. The van der Waals surface area contributed by atoms with Crippen LogP contribution in [0.25, 0.3) is 17.1 Å². The summed E-state index contributed by atoms with van der Waals surface area (Å²) in [5.41, 5.74) is 2.08. The third-order valence-electron chi connectivity index (χ3n) is 4.93. The maximum Gasteiger partial charge on any atom is 0.242 e. The van der Waals surface area contributed by atoms with E-state index >= 15 is 0 Å². The molecule has 32 heavy (non-hydrogen) atoms. The maximum absolute atomic E-state index is 12.6. The van der Waals surface area contributed by atoms with Crippen LogP contribution >= 0.6 is 11.8 Å². The lowest BCUT2D eigenvalue weighted by Crippen LogP contribution is -2.22. The zero-order valence-electron chi connectivity index (χ0n) is 19.2. The number of benzene rings is 2. The molecule has 0 unspecified atom stereocenters. The molecule has 0 bridgehead atoms. The Kier molecular flexibility index (Phi) is 6.92.